The third kappa shape index (κ3) is 4.01. The number of nitrogens with zero attached hydrogens (tertiary/aromatic N) is 6. The summed E-state index contributed by atoms with van der Waals surface area (Å²) in [7, 11) is 1.62. The van der Waals surface area contributed by atoms with E-state index < -0.39 is 0 Å². The summed E-state index contributed by atoms with van der Waals surface area (Å²) >= 11 is 1.28. The summed E-state index contributed by atoms with van der Waals surface area (Å²) in [4.78, 5) is 12.4. The van der Waals surface area contributed by atoms with E-state index in [4.69, 9.17) is 4.74 Å². The predicted octanol–water partition coefficient (Wildman–Crippen LogP) is 2.71. The van der Waals surface area contributed by atoms with Crippen LogP contribution in [0.1, 0.15) is 31.7 Å². The van der Waals surface area contributed by atoms with E-state index >= 15 is 0 Å². The maximum absolute atomic E-state index is 12.4. The highest BCUT2D eigenvalue weighted by Crippen LogP contribution is 2.31. The molecule has 146 valence electrons. The van der Waals surface area contributed by atoms with Gasteiger partial charge in [-0.2, -0.15) is 9.78 Å². The third-order valence-corrected chi connectivity index (χ3v) is 5.62. The van der Waals surface area contributed by atoms with Crippen LogP contribution in [0, 0.1) is 0 Å². The van der Waals surface area contributed by atoms with Gasteiger partial charge in [-0.1, -0.05) is 24.6 Å². The van der Waals surface area contributed by atoms with Crippen LogP contribution in [0.15, 0.2) is 41.7 Å². The number of hydrogen-bond donors (Lipinski definition) is 1. The molecule has 0 unspecified atom stereocenters. The Labute approximate surface area is 166 Å². The van der Waals surface area contributed by atoms with Crippen LogP contribution in [0.5, 0.6) is 5.75 Å². The molecule has 1 aliphatic carbocycles. The first-order valence-corrected chi connectivity index (χ1v) is 10.1. The summed E-state index contributed by atoms with van der Waals surface area (Å²) in [6.07, 6.45) is 6.36. The van der Waals surface area contributed by atoms with Crippen molar-refractivity contribution in [3.05, 3.63) is 36.5 Å². The first kappa shape index (κ1) is 18.5. The van der Waals surface area contributed by atoms with Crippen LogP contribution < -0.4 is 10.1 Å². The van der Waals surface area contributed by atoms with Gasteiger partial charge in [0.25, 0.3) is 0 Å². The van der Waals surface area contributed by atoms with Gasteiger partial charge in [0, 0.05) is 6.07 Å². The number of carbonyl (C=O) groups excluding carboxylic acids is 1. The monoisotopic (exact) mass is 399 g/mol. The van der Waals surface area contributed by atoms with Crippen molar-refractivity contribution in [3.63, 3.8) is 0 Å². The molecular formula is C18H21N7O2S. The van der Waals surface area contributed by atoms with Gasteiger partial charge in [0.2, 0.25) is 11.1 Å². The van der Waals surface area contributed by atoms with Crippen molar-refractivity contribution in [1.29, 1.82) is 0 Å². The molecule has 2 heterocycles. The summed E-state index contributed by atoms with van der Waals surface area (Å²) < 4.78 is 8.69. The second-order valence-electron chi connectivity index (χ2n) is 6.51. The minimum atomic E-state index is -0.117. The van der Waals surface area contributed by atoms with Crippen LogP contribution in [-0.2, 0) is 4.79 Å². The Morgan fingerprint density at radius 1 is 1.25 bits per heavy atom. The molecule has 0 radical (unpaired) electrons. The zero-order chi connectivity index (χ0) is 19.3. The van der Waals surface area contributed by atoms with Crippen molar-refractivity contribution < 1.29 is 9.53 Å². The summed E-state index contributed by atoms with van der Waals surface area (Å²) in [6, 6.07) is 9.60. The molecule has 0 atom stereocenters. The predicted molar refractivity (Wildman–Crippen MR) is 105 cm³/mol. The normalized spacial score (nSPS) is 14.3. The minimum absolute atomic E-state index is 0.117. The van der Waals surface area contributed by atoms with Crippen molar-refractivity contribution in [2.45, 2.75) is 36.9 Å². The first-order chi connectivity index (χ1) is 13.7. The number of hydrogen-bond acceptors (Lipinski definition) is 7. The van der Waals surface area contributed by atoms with E-state index in [1.165, 1.54) is 24.6 Å². The Morgan fingerprint density at radius 3 is 2.79 bits per heavy atom. The van der Waals surface area contributed by atoms with Crippen molar-refractivity contribution >= 4 is 23.5 Å². The Bertz CT molecular complexity index is 932. The number of nitrogens with one attached hydrogen (secondary N) is 1. The molecule has 28 heavy (non-hydrogen) atoms. The highest BCUT2D eigenvalue weighted by molar-refractivity contribution is 7.99. The lowest BCUT2D eigenvalue weighted by Crippen LogP contribution is -2.19. The molecule has 10 heteroatoms. The zero-order valence-corrected chi connectivity index (χ0v) is 16.3. The van der Waals surface area contributed by atoms with Gasteiger partial charge in [0.05, 0.1) is 30.8 Å². The van der Waals surface area contributed by atoms with Gasteiger partial charge in [0.1, 0.15) is 11.6 Å². The van der Waals surface area contributed by atoms with Gasteiger partial charge in [-0.15, -0.1) is 5.10 Å². The topological polar surface area (TPSA) is 99.8 Å². The van der Waals surface area contributed by atoms with Gasteiger partial charge in [-0.25, -0.2) is 4.68 Å². The van der Waals surface area contributed by atoms with Crippen LogP contribution in [0.25, 0.3) is 5.69 Å². The first-order valence-electron chi connectivity index (χ1n) is 9.13. The van der Waals surface area contributed by atoms with Crippen LogP contribution in [0.4, 0.5) is 5.82 Å². The highest BCUT2D eigenvalue weighted by atomic mass is 32.2. The fourth-order valence-electron chi connectivity index (χ4n) is 3.32. The molecule has 4 rings (SSSR count). The van der Waals surface area contributed by atoms with Crippen LogP contribution >= 0.6 is 11.8 Å². The number of amides is 1. The van der Waals surface area contributed by atoms with Gasteiger partial charge in [0.15, 0.2) is 0 Å². The number of carbonyl (C=O) groups is 1. The van der Waals surface area contributed by atoms with Gasteiger partial charge < -0.3 is 10.1 Å². The molecule has 1 fully saturated rings. The Hall–Kier alpha value is -2.88. The Kier molecular flexibility index (Phi) is 5.56. The van der Waals surface area contributed by atoms with E-state index in [1.54, 1.807) is 18.0 Å². The third-order valence-electron chi connectivity index (χ3n) is 4.70. The van der Waals surface area contributed by atoms with Crippen molar-refractivity contribution in [1.82, 2.24) is 30.0 Å². The molecular weight excluding hydrogens is 378 g/mol. The molecule has 0 saturated heterocycles. The second kappa shape index (κ2) is 8.42. The Morgan fingerprint density at radius 2 is 2.04 bits per heavy atom. The van der Waals surface area contributed by atoms with E-state index in [0.29, 0.717) is 11.2 Å². The molecule has 2 aromatic heterocycles. The smallest absolute Gasteiger partial charge is 0.235 e. The van der Waals surface area contributed by atoms with Crippen molar-refractivity contribution in [2.75, 3.05) is 18.2 Å². The minimum Gasteiger partial charge on any atom is -0.497 e. The lowest BCUT2D eigenvalue weighted by molar-refractivity contribution is -0.113. The molecule has 1 saturated carbocycles. The number of benzene rings is 1. The van der Waals surface area contributed by atoms with E-state index in [1.807, 2.05) is 35.0 Å². The average Bonchev–Trinajstić information content (AvgIpc) is 3.47. The maximum atomic E-state index is 12.4. The number of anilines is 1. The maximum Gasteiger partial charge on any atom is 0.235 e. The van der Waals surface area contributed by atoms with Crippen LogP contribution in [0.3, 0.4) is 0 Å². The lowest BCUT2D eigenvalue weighted by atomic mass is 10.2. The summed E-state index contributed by atoms with van der Waals surface area (Å²) in [5.41, 5.74) is 0.799. The summed E-state index contributed by atoms with van der Waals surface area (Å²) in [5.74, 6) is 1.58. The lowest BCUT2D eigenvalue weighted by Gasteiger charge is -2.14. The van der Waals surface area contributed by atoms with Crippen LogP contribution in [-0.4, -0.2) is 48.8 Å². The van der Waals surface area contributed by atoms with E-state index in [-0.39, 0.29) is 11.7 Å². The SMILES string of the molecule is COc1ccc(-n2nnnc2SCC(=O)Nc2ccnn2C2CCCC2)cc1. The number of rotatable bonds is 7. The van der Waals surface area contributed by atoms with E-state index in [0.717, 1.165) is 30.1 Å². The molecule has 1 amide bonds. The number of thioether (sulfide) groups is 1. The summed E-state index contributed by atoms with van der Waals surface area (Å²) in [6.45, 7) is 0. The van der Waals surface area contributed by atoms with E-state index in [9.17, 15) is 4.79 Å². The van der Waals surface area contributed by atoms with E-state index in [2.05, 4.69) is 25.9 Å². The average molecular weight is 399 g/mol. The fourth-order valence-corrected chi connectivity index (χ4v) is 4.01. The number of tetrazole rings is 1. The molecule has 1 N–H and O–H groups in total. The molecule has 1 aromatic carbocycles. The van der Waals surface area contributed by atoms with Crippen molar-refractivity contribution in [2.24, 2.45) is 0 Å². The second-order valence-corrected chi connectivity index (χ2v) is 7.45. The van der Waals surface area contributed by atoms with Gasteiger partial charge in [-0.05, 0) is 47.5 Å². The van der Waals surface area contributed by atoms with Gasteiger partial charge >= 0.3 is 0 Å². The largest absolute Gasteiger partial charge is 0.497 e. The molecule has 0 bridgehead atoms. The number of methoxy groups -OCH3 is 1. The summed E-state index contributed by atoms with van der Waals surface area (Å²) in [5, 5.41) is 19.6. The number of aromatic nitrogens is 6. The zero-order valence-electron chi connectivity index (χ0n) is 15.5. The molecule has 3 aromatic rings. The standard InChI is InChI=1S/C18H21N7O2S/c1-27-15-8-6-14(7-9-15)25-18(21-22-23-25)28-12-17(26)20-16-10-11-19-24(16)13-4-2-3-5-13/h6-11,13H,2-5,12H2,1H3,(H,20,26). The molecule has 0 spiro atoms. The Balaban J connectivity index is 1.38. The van der Waals surface area contributed by atoms with Gasteiger partial charge in [-0.3, -0.25) is 4.79 Å². The number of ether oxygens (including phenoxy) is 1. The molecule has 9 nitrogen and oxygen atoms in total. The molecule has 0 aliphatic heterocycles. The van der Waals surface area contributed by atoms with Crippen LogP contribution in [0.2, 0.25) is 0 Å². The molecule has 1 aliphatic rings. The quantitative estimate of drug-likeness (QED) is 0.610. The van der Waals surface area contributed by atoms with Crippen molar-refractivity contribution in [3.8, 4) is 11.4 Å². The fraction of sp³-hybridized carbons (Fsp3) is 0.389. The highest BCUT2D eigenvalue weighted by Gasteiger charge is 2.20.